The van der Waals surface area contributed by atoms with Gasteiger partial charge in [-0.2, -0.15) is 0 Å². The molecule has 0 saturated carbocycles. The minimum atomic E-state index is -0.217. The Morgan fingerprint density at radius 2 is 1.72 bits per heavy atom. The van der Waals surface area contributed by atoms with Crippen LogP contribution in [0.4, 0.5) is 0 Å². The number of para-hydroxylation sites is 1. The van der Waals surface area contributed by atoms with E-state index < -0.39 is 0 Å². The number of amides is 2. The van der Waals surface area contributed by atoms with E-state index in [0.29, 0.717) is 35.2 Å². The summed E-state index contributed by atoms with van der Waals surface area (Å²) in [5.41, 5.74) is 3.96. The molecular weight excluding hydrogens is 422 g/mol. The van der Waals surface area contributed by atoms with Gasteiger partial charge in [0, 0.05) is 41.8 Å². The van der Waals surface area contributed by atoms with Crippen molar-refractivity contribution in [2.75, 3.05) is 19.6 Å². The van der Waals surface area contributed by atoms with Crippen molar-refractivity contribution in [3.05, 3.63) is 76.6 Å². The molecule has 1 fully saturated rings. The molecule has 3 heterocycles. The highest BCUT2D eigenvalue weighted by Gasteiger charge is 2.41. The summed E-state index contributed by atoms with van der Waals surface area (Å²) in [6.07, 6.45) is 4.62. The molecule has 0 radical (unpaired) electrons. The minimum Gasteiger partial charge on any atom is -0.366 e. The molecule has 3 aromatic rings. The van der Waals surface area contributed by atoms with Gasteiger partial charge in [-0.25, -0.2) is 0 Å². The van der Waals surface area contributed by atoms with E-state index in [1.54, 1.807) is 12.1 Å². The Morgan fingerprint density at radius 3 is 2.47 bits per heavy atom. The third kappa shape index (κ3) is 3.71. The maximum atomic E-state index is 13.5. The number of hydrogen-bond acceptors (Lipinski definition) is 3. The maximum absolute atomic E-state index is 13.5. The lowest BCUT2D eigenvalue weighted by molar-refractivity contribution is -0.137. The first-order chi connectivity index (χ1) is 15.5. The van der Waals surface area contributed by atoms with Crippen LogP contribution in [-0.4, -0.2) is 46.2 Å². The van der Waals surface area contributed by atoms with Gasteiger partial charge in [0.25, 0.3) is 11.8 Å². The van der Waals surface area contributed by atoms with Crippen LogP contribution in [0.2, 0.25) is 5.02 Å². The lowest BCUT2D eigenvalue weighted by atomic mass is 9.97. The van der Waals surface area contributed by atoms with E-state index in [9.17, 15) is 9.59 Å². The number of likely N-dealkylation sites (tertiary alicyclic amines) is 1. The number of H-pyrrole nitrogens is 1. The predicted octanol–water partition coefficient (Wildman–Crippen LogP) is 4.88. The molecule has 5 nitrogen and oxygen atoms in total. The molecule has 1 aromatic heterocycles. The Labute approximate surface area is 192 Å². The van der Waals surface area contributed by atoms with Crippen LogP contribution in [0, 0.1) is 5.92 Å². The first-order valence-electron chi connectivity index (χ1n) is 11.2. The molecular formula is C26H26ClN3O2. The quantitative estimate of drug-likeness (QED) is 0.567. The van der Waals surface area contributed by atoms with Crippen LogP contribution in [0.15, 0.2) is 60.4 Å². The molecule has 0 atom stereocenters. The summed E-state index contributed by atoms with van der Waals surface area (Å²) < 4.78 is 0. The van der Waals surface area contributed by atoms with Crippen molar-refractivity contribution in [2.24, 2.45) is 5.92 Å². The largest absolute Gasteiger partial charge is 0.366 e. The molecule has 6 heteroatoms. The van der Waals surface area contributed by atoms with Crippen molar-refractivity contribution in [1.82, 2.24) is 14.8 Å². The van der Waals surface area contributed by atoms with Crippen LogP contribution in [0.3, 0.4) is 0 Å². The van der Waals surface area contributed by atoms with Crippen molar-refractivity contribution in [1.29, 1.82) is 0 Å². The number of rotatable bonds is 5. The highest BCUT2D eigenvalue weighted by atomic mass is 35.5. The minimum absolute atomic E-state index is 0.186. The summed E-state index contributed by atoms with van der Waals surface area (Å²) in [7, 11) is 0. The first kappa shape index (κ1) is 20.8. The van der Waals surface area contributed by atoms with Gasteiger partial charge in [0.15, 0.2) is 0 Å². The standard InChI is InChI=1S/C26H26ClN3O2/c1-17-10-13-29(14-11-17)24-23(18-6-8-20(27)9-7-18)25(31)30(26(24)32)15-12-19-16-28-22-5-3-2-4-21(19)22/h2-9,16-17,28H,10-15H2,1H3. The van der Waals surface area contributed by atoms with Crippen molar-refractivity contribution in [3.63, 3.8) is 0 Å². The van der Waals surface area contributed by atoms with Gasteiger partial charge in [0.05, 0.1) is 5.57 Å². The van der Waals surface area contributed by atoms with E-state index in [1.165, 1.54) is 4.90 Å². The Kier molecular flexibility index (Phi) is 5.51. The number of nitrogens with zero attached hydrogens (tertiary/aromatic N) is 2. The van der Waals surface area contributed by atoms with Crippen molar-refractivity contribution < 1.29 is 9.59 Å². The van der Waals surface area contributed by atoms with Gasteiger partial charge < -0.3 is 9.88 Å². The average molecular weight is 448 g/mol. The zero-order valence-electron chi connectivity index (χ0n) is 18.1. The molecule has 2 aromatic carbocycles. The van der Waals surface area contributed by atoms with Gasteiger partial charge in [-0.3, -0.25) is 14.5 Å². The molecule has 0 bridgehead atoms. The fraction of sp³-hybridized carbons (Fsp3) is 0.308. The number of carbonyl (C=O) groups is 2. The molecule has 0 spiro atoms. The normalized spacial score (nSPS) is 17.8. The van der Waals surface area contributed by atoms with Crippen molar-refractivity contribution >= 4 is 39.9 Å². The topological polar surface area (TPSA) is 56.4 Å². The lowest BCUT2D eigenvalue weighted by Gasteiger charge is -2.32. The number of carbonyl (C=O) groups excluding carboxylic acids is 2. The van der Waals surface area contributed by atoms with Crippen molar-refractivity contribution in [2.45, 2.75) is 26.2 Å². The summed E-state index contributed by atoms with van der Waals surface area (Å²) in [6, 6.07) is 15.3. The first-order valence-corrected chi connectivity index (χ1v) is 11.6. The number of nitrogens with one attached hydrogen (secondary N) is 1. The number of hydrogen-bond donors (Lipinski definition) is 1. The summed E-state index contributed by atoms with van der Waals surface area (Å²) >= 11 is 6.08. The van der Waals surface area contributed by atoms with E-state index >= 15 is 0 Å². The monoisotopic (exact) mass is 447 g/mol. The predicted molar refractivity (Wildman–Crippen MR) is 127 cm³/mol. The molecule has 2 amide bonds. The zero-order chi connectivity index (χ0) is 22.2. The molecule has 1 N–H and O–H groups in total. The average Bonchev–Trinajstić information content (AvgIpc) is 3.32. The molecule has 32 heavy (non-hydrogen) atoms. The number of piperidine rings is 1. The summed E-state index contributed by atoms with van der Waals surface area (Å²) in [5, 5.41) is 1.73. The third-order valence-electron chi connectivity index (χ3n) is 6.66. The van der Waals surface area contributed by atoms with Gasteiger partial charge >= 0.3 is 0 Å². The van der Waals surface area contributed by atoms with E-state index in [0.717, 1.165) is 48.0 Å². The second-order valence-electron chi connectivity index (χ2n) is 8.77. The second kappa shape index (κ2) is 8.47. The van der Waals surface area contributed by atoms with E-state index in [2.05, 4.69) is 22.9 Å². The zero-order valence-corrected chi connectivity index (χ0v) is 18.9. The lowest BCUT2D eigenvalue weighted by Crippen LogP contribution is -2.39. The number of benzene rings is 2. The van der Waals surface area contributed by atoms with E-state index in [4.69, 9.17) is 11.6 Å². The number of aromatic amines is 1. The molecule has 2 aliphatic heterocycles. The number of halogens is 1. The van der Waals surface area contributed by atoms with E-state index in [1.807, 2.05) is 36.5 Å². The summed E-state index contributed by atoms with van der Waals surface area (Å²) in [6.45, 7) is 4.18. The summed E-state index contributed by atoms with van der Waals surface area (Å²) in [4.78, 5) is 33.9. The van der Waals surface area contributed by atoms with Gasteiger partial charge in [-0.05, 0) is 54.5 Å². The van der Waals surface area contributed by atoms with Gasteiger partial charge in [0.2, 0.25) is 0 Å². The Morgan fingerprint density at radius 1 is 1.00 bits per heavy atom. The SMILES string of the molecule is CC1CCN(C2=C(c3ccc(Cl)cc3)C(=O)N(CCc3c[nH]c4ccccc34)C2=O)CC1. The van der Waals surface area contributed by atoms with Crippen LogP contribution in [0.1, 0.15) is 30.9 Å². The van der Waals surface area contributed by atoms with Crippen molar-refractivity contribution in [3.8, 4) is 0 Å². The molecule has 164 valence electrons. The smallest absolute Gasteiger partial charge is 0.277 e. The number of imide groups is 1. The Hall–Kier alpha value is -3.05. The van der Waals surface area contributed by atoms with Crippen LogP contribution in [0.5, 0.6) is 0 Å². The molecule has 1 saturated heterocycles. The number of aromatic nitrogens is 1. The maximum Gasteiger partial charge on any atom is 0.277 e. The number of fused-ring (bicyclic) bond motifs is 1. The van der Waals surface area contributed by atoms with Crippen LogP contribution >= 0.6 is 11.6 Å². The molecule has 5 rings (SSSR count). The molecule has 0 aliphatic carbocycles. The Balaban J connectivity index is 1.45. The van der Waals surface area contributed by atoms with E-state index in [-0.39, 0.29) is 11.8 Å². The molecule has 2 aliphatic rings. The van der Waals surface area contributed by atoms with Gasteiger partial charge in [-0.1, -0.05) is 48.9 Å². The van der Waals surface area contributed by atoms with Crippen LogP contribution in [-0.2, 0) is 16.0 Å². The fourth-order valence-electron chi connectivity index (χ4n) is 4.74. The Bertz CT molecular complexity index is 1200. The van der Waals surface area contributed by atoms with Gasteiger partial charge in [0.1, 0.15) is 5.70 Å². The molecule has 0 unspecified atom stereocenters. The highest BCUT2D eigenvalue weighted by molar-refractivity contribution is 6.36. The third-order valence-corrected chi connectivity index (χ3v) is 6.91. The summed E-state index contributed by atoms with van der Waals surface area (Å²) in [5.74, 6) is 0.233. The van der Waals surface area contributed by atoms with Crippen LogP contribution < -0.4 is 0 Å². The fourth-order valence-corrected chi connectivity index (χ4v) is 4.87. The van der Waals surface area contributed by atoms with Gasteiger partial charge in [-0.15, -0.1) is 0 Å². The second-order valence-corrected chi connectivity index (χ2v) is 9.21. The van der Waals surface area contributed by atoms with Crippen LogP contribution in [0.25, 0.3) is 16.5 Å². The highest BCUT2D eigenvalue weighted by Crippen LogP contribution is 2.34.